The Labute approximate surface area is 160 Å². The lowest BCUT2D eigenvalue weighted by Crippen LogP contribution is -2.05. The van der Waals surface area contributed by atoms with E-state index in [1.807, 2.05) is 0 Å². The molecule has 0 aromatic carbocycles. The number of carboxylic acids is 1. The Bertz CT molecular complexity index is 983. The molecule has 9 heteroatoms. The van der Waals surface area contributed by atoms with Gasteiger partial charge in [0.25, 0.3) is 0 Å². The van der Waals surface area contributed by atoms with Gasteiger partial charge in [-0.3, -0.25) is 0 Å². The SMILES string of the molecule is CC(C)C.O=C(O)/C=C/CNc1nc(-c2c[nH]c3ncc(F)cc23)ncc1F. The standard InChI is InChI=1S/C15H11F2N5O2.C4H10/c16-8-4-9-10(6-20-13(9)19-5-8)14-21-7-11(17)15(22-14)18-3-1-2-12(23)24;1-4(2)3/h1-2,4-7H,3H2,(H,19,20)(H,23,24)(H,18,21,22);4H,1-3H3/b2-1+;. The van der Waals surface area contributed by atoms with Crippen LogP contribution in [-0.4, -0.2) is 37.6 Å². The lowest BCUT2D eigenvalue weighted by molar-refractivity contribution is -0.131. The van der Waals surface area contributed by atoms with E-state index in [0.29, 0.717) is 16.6 Å². The summed E-state index contributed by atoms with van der Waals surface area (Å²) in [5, 5.41) is 11.6. The van der Waals surface area contributed by atoms with Gasteiger partial charge in [0.05, 0.1) is 12.4 Å². The van der Waals surface area contributed by atoms with E-state index in [1.54, 1.807) is 6.20 Å². The number of halogens is 2. The van der Waals surface area contributed by atoms with Gasteiger partial charge in [-0.05, 0) is 12.0 Å². The molecule has 0 aliphatic carbocycles. The third-order valence-electron chi connectivity index (χ3n) is 3.13. The number of fused-ring (bicyclic) bond motifs is 1. The molecule has 3 rings (SSSR count). The summed E-state index contributed by atoms with van der Waals surface area (Å²) >= 11 is 0. The Morgan fingerprint density at radius 3 is 2.68 bits per heavy atom. The van der Waals surface area contributed by atoms with Crippen LogP contribution in [0.2, 0.25) is 0 Å². The van der Waals surface area contributed by atoms with Gasteiger partial charge in [0.2, 0.25) is 0 Å². The molecule has 0 amide bonds. The summed E-state index contributed by atoms with van der Waals surface area (Å²) in [5.41, 5.74) is 0.930. The van der Waals surface area contributed by atoms with Crippen molar-refractivity contribution in [2.45, 2.75) is 20.8 Å². The minimum absolute atomic E-state index is 0.0732. The van der Waals surface area contributed by atoms with Gasteiger partial charge in [-0.2, -0.15) is 0 Å². The zero-order valence-corrected chi connectivity index (χ0v) is 15.7. The van der Waals surface area contributed by atoms with Crippen LogP contribution in [0.1, 0.15) is 20.8 Å². The van der Waals surface area contributed by atoms with Gasteiger partial charge in [0, 0.05) is 29.8 Å². The Balaban J connectivity index is 0.000000640. The molecule has 3 N–H and O–H groups in total. The summed E-state index contributed by atoms with van der Waals surface area (Å²) in [5.74, 6) is -1.38. The van der Waals surface area contributed by atoms with Crippen molar-refractivity contribution < 1.29 is 18.7 Å². The molecule has 0 saturated heterocycles. The van der Waals surface area contributed by atoms with Crippen LogP contribution in [0.15, 0.2) is 36.8 Å². The molecule has 0 bridgehead atoms. The van der Waals surface area contributed by atoms with Crippen molar-refractivity contribution in [1.82, 2.24) is 19.9 Å². The molecule has 0 spiro atoms. The van der Waals surface area contributed by atoms with E-state index in [1.165, 1.54) is 12.1 Å². The van der Waals surface area contributed by atoms with Crippen molar-refractivity contribution in [3.8, 4) is 11.4 Å². The average molecular weight is 389 g/mol. The second-order valence-corrected chi connectivity index (χ2v) is 6.50. The van der Waals surface area contributed by atoms with Crippen molar-refractivity contribution in [3.63, 3.8) is 0 Å². The number of nitrogens with one attached hydrogen (secondary N) is 2. The largest absolute Gasteiger partial charge is 0.478 e. The lowest BCUT2D eigenvalue weighted by Gasteiger charge is -2.05. The Kier molecular flexibility index (Phi) is 7.14. The Morgan fingerprint density at radius 2 is 2.00 bits per heavy atom. The van der Waals surface area contributed by atoms with Gasteiger partial charge in [-0.25, -0.2) is 28.5 Å². The molecule has 3 heterocycles. The molecule has 28 heavy (non-hydrogen) atoms. The number of aromatic nitrogens is 4. The third kappa shape index (κ3) is 5.83. The van der Waals surface area contributed by atoms with Crippen LogP contribution in [0.25, 0.3) is 22.4 Å². The van der Waals surface area contributed by atoms with Crippen LogP contribution in [-0.2, 0) is 4.79 Å². The number of rotatable bonds is 5. The van der Waals surface area contributed by atoms with E-state index in [4.69, 9.17) is 5.11 Å². The van der Waals surface area contributed by atoms with Crippen LogP contribution in [0.3, 0.4) is 0 Å². The smallest absolute Gasteiger partial charge is 0.328 e. The Hall–Kier alpha value is -3.36. The van der Waals surface area contributed by atoms with Gasteiger partial charge >= 0.3 is 5.97 Å². The van der Waals surface area contributed by atoms with E-state index in [0.717, 1.165) is 24.4 Å². The molecule has 3 aromatic heterocycles. The van der Waals surface area contributed by atoms with Crippen LogP contribution >= 0.6 is 0 Å². The van der Waals surface area contributed by atoms with Crippen molar-refractivity contribution >= 4 is 22.8 Å². The van der Waals surface area contributed by atoms with E-state index >= 15 is 0 Å². The fourth-order valence-corrected chi connectivity index (χ4v) is 2.10. The predicted octanol–water partition coefficient (Wildman–Crippen LogP) is 4.01. The number of anilines is 1. The van der Waals surface area contributed by atoms with Crippen molar-refractivity contribution in [2.24, 2.45) is 5.92 Å². The van der Waals surface area contributed by atoms with E-state index in [9.17, 15) is 13.6 Å². The Morgan fingerprint density at radius 1 is 1.29 bits per heavy atom. The highest BCUT2D eigenvalue weighted by molar-refractivity contribution is 5.91. The third-order valence-corrected chi connectivity index (χ3v) is 3.13. The molecule has 7 nitrogen and oxygen atoms in total. The number of carboxylic acid groups (broad SMARTS) is 1. The number of H-pyrrole nitrogens is 1. The topological polar surface area (TPSA) is 104 Å². The molecule has 0 aliphatic heterocycles. The van der Waals surface area contributed by atoms with Crippen molar-refractivity contribution in [3.05, 3.63) is 48.4 Å². The van der Waals surface area contributed by atoms with Gasteiger partial charge < -0.3 is 15.4 Å². The first-order chi connectivity index (χ1) is 13.3. The van der Waals surface area contributed by atoms with Crippen LogP contribution in [0, 0.1) is 17.6 Å². The highest BCUT2D eigenvalue weighted by Crippen LogP contribution is 2.26. The molecule has 0 saturated carbocycles. The van der Waals surface area contributed by atoms with Crippen molar-refractivity contribution in [2.75, 3.05) is 11.9 Å². The van der Waals surface area contributed by atoms with Gasteiger partial charge in [0.1, 0.15) is 11.5 Å². The summed E-state index contributed by atoms with van der Waals surface area (Å²) in [6.07, 6.45) is 5.86. The maximum absolute atomic E-state index is 13.8. The first-order valence-corrected chi connectivity index (χ1v) is 8.56. The lowest BCUT2D eigenvalue weighted by atomic mass is 10.2. The number of carbonyl (C=O) groups is 1. The van der Waals surface area contributed by atoms with Crippen molar-refractivity contribution in [1.29, 1.82) is 0 Å². The molecule has 148 valence electrons. The maximum atomic E-state index is 13.8. The highest BCUT2D eigenvalue weighted by atomic mass is 19.1. The molecule has 0 atom stereocenters. The van der Waals surface area contributed by atoms with Crippen LogP contribution in [0.5, 0.6) is 0 Å². The molecule has 0 aliphatic rings. The molecular weight excluding hydrogens is 368 g/mol. The first kappa shape index (κ1) is 20.9. The second kappa shape index (κ2) is 9.54. The number of pyridine rings is 1. The molecule has 0 radical (unpaired) electrons. The molecule has 3 aromatic rings. The van der Waals surface area contributed by atoms with Crippen LogP contribution in [0.4, 0.5) is 14.6 Å². The van der Waals surface area contributed by atoms with Gasteiger partial charge in [-0.1, -0.05) is 26.8 Å². The normalized spacial score (nSPS) is 10.9. The molecule has 0 fully saturated rings. The quantitative estimate of drug-likeness (QED) is 0.570. The van der Waals surface area contributed by atoms with Gasteiger partial charge in [-0.15, -0.1) is 0 Å². The number of aromatic amines is 1. The summed E-state index contributed by atoms with van der Waals surface area (Å²) in [7, 11) is 0. The maximum Gasteiger partial charge on any atom is 0.328 e. The summed E-state index contributed by atoms with van der Waals surface area (Å²) < 4.78 is 27.1. The number of hydrogen-bond donors (Lipinski definition) is 3. The van der Waals surface area contributed by atoms with E-state index in [2.05, 4.69) is 46.0 Å². The zero-order chi connectivity index (χ0) is 20.7. The summed E-state index contributed by atoms with van der Waals surface area (Å²) in [6, 6.07) is 1.28. The number of hydrogen-bond acceptors (Lipinski definition) is 5. The second-order valence-electron chi connectivity index (χ2n) is 6.50. The number of aliphatic carboxylic acids is 1. The summed E-state index contributed by atoms with van der Waals surface area (Å²) in [6.45, 7) is 6.57. The predicted molar refractivity (Wildman–Crippen MR) is 103 cm³/mol. The first-order valence-electron chi connectivity index (χ1n) is 8.56. The minimum Gasteiger partial charge on any atom is -0.478 e. The average Bonchev–Trinajstić information content (AvgIpc) is 3.02. The van der Waals surface area contributed by atoms with E-state index in [-0.39, 0.29) is 18.2 Å². The monoisotopic (exact) mass is 389 g/mol. The number of nitrogens with zero attached hydrogens (tertiary/aromatic N) is 3. The zero-order valence-electron chi connectivity index (χ0n) is 15.7. The fraction of sp³-hybridized carbons (Fsp3) is 0.263. The fourth-order valence-electron chi connectivity index (χ4n) is 2.10. The van der Waals surface area contributed by atoms with Crippen LogP contribution < -0.4 is 5.32 Å². The minimum atomic E-state index is -1.10. The highest BCUT2D eigenvalue weighted by Gasteiger charge is 2.13. The molecule has 0 unspecified atom stereocenters. The summed E-state index contributed by atoms with van der Waals surface area (Å²) in [4.78, 5) is 25.1. The van der Waals surface area contributed by atoms with Gasteiger partial charge in [0.15, 0.2) is 17.5 Å². The molecular formula is C19H21F2N5O2. The van der Waals surface area contributed by atoms with E-state index < -0.39 is 17.6 Å².